The van der Waals surface area contributed by atoms with Gasteiger partial charge >= 0.3 is 0 Å². The predicted molar refractivity (Wildman–Crippen MR) is 60.0 cm³/mol. The van der Waals surface area contributed by atoms with E-state index in [2.05, 4.69) is 15.0 Å². The van der Waals surface area contributed by atoms with Crippen LogP contribution in [0.1, 0.15) is 25.4 Å². The summed E-state index contributed by atoms with van der Waals surface area (Å²) in [6, 6.07) is 1.93. The summed E-state index contributed by atoms with van der Waals surface area (Å²) in [5.41, 5.74) is 0.957. The molecule has 0 saturated heterocycles. The van der Waals surface area contributed by atoms with Crippen LogP contribution in [0.2, 0.25) is 0 Å². The number of nitrogens with zero attached hydrogens (tertiary/aromatic N) is 4. The largest absolute Gasteiger partial charge is 0.288 e. The Morgan fingerprint density at radius 2 is 1.80 bits per heavy atom. The SMILES string of the molecule is CC.Cc1cc(-n2ccnc2C)ncn1. The predicted octanol–water partition coefficient (Wildman–Crippen LogP) is 2.31. The maximum absolute atomic E-state index is 4.15. The van der Waals surface area contributed by atoms with Crippen molar-refractivity contribution in [3.63, 3.8) is 0 Å². The fourth-order valence-electron chi connectivity index (χ4n) is 1.19. The zero-order valence-corrected chi connectivity index (χ0v) is 9.60. The van der Waals surface area contributed by atoms with Crippen molar-refractivity contribution in [1.82, 2.24) is 19.5 Å². The summed E-state index contributed by atoms with van der Waals surface area (Å²) in [5.74, 6) is 1.79. The third-order valence-electron chi connectivity index (χ3n) is 1.86. The molecule has 0 aromatic carbocycles. The van der Waals surface area contributed by atoms with Crippen molar-refractivity contribution < 1.29 is 0 Å². The van der Waals surface area contributed by atoms with Gasteiger partial charge in [-0.15, -0.1) is 0 Å². The third-order valence-corrected chi connectivity index (χ3v) is 1.86. The highest BCUT2D eigenvalue weighted by Gasteiger charge is 2.00. The van der Waals surface area contributed by atoms with Gasteiger partial charge in [0.25, 0.3) is 0 Å². The van der Waals surface area contributed by atoms with Crippen molar-refractivity contribution in [2.75, 3.05) is 0 Å². The topological polar surface area (TPSA) is 43.6 Å². The minimum absolute atomic E-state index is 0.863. The van der Waals surface area contributed by atoms with Gasteiger partial charge in [-0.25, -0.2) is 15.0 Å². The molecular formula is C11H16N4. The van der Waals surface area contributed by atoms with Crippen LogP contribution in [0.3, 0.4) is 0 Å². The quantitative estimate of drug-likeness (QED) is 0.716. The minimum Gasteiger partial charge on any atom is -0.288 e. The van der Waals surface area contributed by atoms with Gasteiger partial charge < -0.3 is 0 Å². The average Bonchev–Trinajstić information content (AvgIpc) is 2.67. The van der Waals surface area contributed by atoms with Gasteiger partial charge in [-0.1, -0.05) is 13.8 Å². The summed E-state index contributed by atoms with van der Waals surface area (Å²) in [6.45, 7) is 7.88. The molecule has 2 aromatic heterocycles. The fraction of sp³-hybridized carbons (Fsp3) is 0.364. The Kier molecular flexibility index (Phi) is 3.97. The molecule has 2 aromatic rings. The first-order valence-electron chi connectivity index (χ1n) is 5.06. The summed E-state index contributed by atoms with van der Waals surface area (Å²) in [5, 5.41) is 0. The molecule has 0 aliphatic rings. The van der Waals surface area contributed by atoms with Gasteiger partial charge in [0.2, 0.25) is 0 Å². The second kappa shape index (κ2) is 5.24. The molecule has 2 heterocycles. The first kappa shape index (κ1) is 11.4. The molecule has 0 aliphatic heterocycles. The summed E-state index contributed by atoms with van der Waals surface area (Å²) in [4.78, 5) is 12.3. The van der Waals surface area contributed by atoms with E-state index in [1.54, 1.807) is 12.5 Å². The molecule has 2 rings (SSSR count). The van der Waals surface area contributed by atoms with E-state index in [0.29, 0.717) is 0 Å². The Balaban J connectivity index is 0.000000531. The van der Waals surface area contributed by atoms with Crippen LogP contribution in [0.15, 0.2) is 24.8 Å². The van der Waals surface area contributed by atoms with E-state index in [9.17, 15) is 0 Å². The lowest BCUT2D eigenvalue weighted by Gasteiger charge is -2.02. The number of hydrogen-bond acceptors (Lipinski definition) is 3. The Hall–Kier alpha value is -1.71. The van der Waals surface area contributed by atoms with Gasteiger partial charge in [0.05, 0.1) is 0 Å². The van der Waals surface area contributed by atoms with Crippen molar-refractivity contribution in [3.05, 3.63) is 36.3 Å². The molecule has 15 heavy (non-hydrogen) atoms. The Morgan fingerprint density at radius 1 is 1.07 bits per heavy atom. The third kappa shape index (κ3) is 2.62. The maximum atomic E-state index is 4.15. The van der Waals surface area contributed by atoms with Gasteiger partial charge in [0, 0.05) is 24.2 Å². The van der Waals surface area contributed by atoms with E-state index in [1.165, 1.54) is 0 Å². The monoisotopic (exact) mass is 204 g/mol. The zero-order valence-electron chi connectivity index (χ0n) is 9.60. The van der Waals surface area contributed by atoms with E-state index in [4.69, 9.17) is 0 Å². The van der Waals surface area contributed by atoms with Crippen LogP contribution in [0.4, 0.5) is 0 Å². The number of rotatable bonds is 1. The van der Waals surface area contributed by atoms with E-state index in [-0.39, 0.29) is 0 Å². The minimum atomic E-state index is 0.863. The van der Waals surface area contributed by atoms with Crippen molar-refractivity contribution >= 4 is 0 Å². The molecular weight excluding hydrogens is 188 g/mol. The van der Waals surface area contributed by atoms with Crippen LogP contribution in [-0.4, -0.2) is 19.5 Å². The summed E-state index contributed by atoms with van der Waals surface area (Å²) in [7, 11) is 0. The summed E-state index contributed by atoms with van der Waals surface area (Å²) < 4.78 is 1.93. The van der Waals surface area contributed by atoms with Crippen LogP contribution >= 0.6 is 0 Å². The maximum Gasteiger partial charge on any atom is 0.141 e. The van der Waals surface area contributed by atoms with Crippen LogP contribution in [0.25, 0.3) is 5.82 Å². The highest BCUT2D eigenvalue weighted by atomic mass is 15.1. The van der Waals surface area contributed by atoms with Gasteiger partial charge in [-0.05, 0) is 13.8 Å². The normalized spacial score (nSPS) is 9.33. The molecule has 0 radical (unpaired) electrons. The van der Waals surface area contributed by atoms with Crippen molar-refractivity contribution in [3.8, 4) is 5.82 Å². The lowest BCUT2D eigenvalue weighted by atomic mass is 10.4. The number of imidazole rings is 1. The molecule has 0 spiro atoms. The first-order valence-corrected chi connectivity index (χ1v) is 5.06. The zero-order chi connectivity index (χ0) is 11.3. The van der Waals surface area contributed by atoms with Crippen LogP contribution < -0.4 is 0 Å². The van der Waals surface area contributed by atoms with E-state index in [0.717, 1.165) is 17.3 Å². The van der Waals surface area contributed by atoms with Gasteiger partial charge in [0.15, 0.2) is 0 Å². The second-order valence-electron chi connectivity index (χ2n) is 2.86. The second-order valence-corrected chi connectivity index (χ2v) is 2.86. The molecule has 0 amide bonds. The Bertz CT molecular complexity index is 420. The molecule has 4 heteroatoms. The standard InChI is InChI=1S/C9H10N4.C2H6/c1-7-5-9(12-6-11-7)13-4-3-10-8(13)2;1-2/h3-6H,1-2H3;1-2H3. The number of aromatic nitrogens is 4. The Labute approximate surface area is 90.0 Å². The molecule has 80 valence electrons. The lowest BCUT2D eigenvalue weighted by molar-refractivity contribution is 0.911. The van der Waals surface area contributed by atoms with Crippen molar-refractivity contribution in [1.29, 1.82) is 0 Å². The van der Waals surface area contributed by atoms with Crippen LogP contribution in [0.5, 0.6) is 0 Å². The molecule has 0 saturated carbocycles. The lowest BCUT2D eigenvalue weighted by Crippen LogP contribution is -1.99. The fourth-order valence-corrected chi connectivity index (χ4v) is 1.19. The molecule has 0 bridgehead atoms. The molecule has 0 N–H and O–H groups in total. The Morgan fingerprint density at radius 3 is 2.33 bits per heavy atom. The highest BCUT2D eigenvalue weighted by molar-refractivity contribution is 5.24. The van der Waals surface area contributed by atoms with Crippen LogP contribution in [0, 0.1) is 13.8 Å². The highest BCUT2D eigenvalue weighted by Crippen LogP contribution is 2.06. The van der Waals surface area contributed by atoms with Crippen molar-refractivity contribution in [2.24, 2.45) is 0 Å². The van der Waals surface area contributed by atoms with E-state index in [1.807, 2.05) is 44.5 Å². The number of hydrogen-bond donors (Lipinski definition) is 0. The van der Waals surface area contributed by atoms with Gasteiger partial charge in [-0.3, -0.25) is 4.57 Å². The smallest absolute Gasteiger partial charge is 0.141 e. The summed E-state index contributed by atoms with van der Waals surface area (Å²) >= 11 is 0. The van der Waals surface area contributed by atoms with E-state index < -0.39 is 0 Å². The molecule has 0 unspecified atom stereocenters. The van der Waals surface area contributed by atoms with Gasteiger partial charge in [0.1, 0.15) is 18.0 Å². The molecule has 0 fully saturated rings. The average molecular weight is 204 g/mol. The molecule has 4 nitrogen and oxygen atoms in total. The van der Waals surface area contributed by atoms with E-state index >= 15 is 0 Å². The molecule has 0 aliphatic carbocycles. The summed E-state index contributed by atoms with van der Waals surface area (Å²) in [6.07, 6.45) is 5.20. The van der Waals surface area contributed by atoms with Crippen LogP contribution in [-0.2, 0) is 0 Å². The molecule has 0 atom stereocenters. The first-order chi connectivity index (χ1) is 7.27. The van der Waals surface area contributed by atoms with Crippen molar-refractivity contribution in [2.45, 2.75) is 27.7 Å². The number of aryl methyl sites for hydroxylation is 2. The van der Waals surface area contributed by atoms with Gasteiger partial charge in [-0.2, -0.15) is 0 Å².